The zero-order chi connectivity index (χ0) is 15.6. The van der Waals surface area contributed by atoms with Gasteiger partial charge < -0.3 is 9.47 Å². The van der Waals surface area contributed by atoms with Gasteiger partial charge in [0.15, 0.2) is 0 Å². The average Bonchev–Trinajstić information content (AvgIpc) is 2.74. The molecule has 1 heterocycles. The molecule has 1 aliphatic heterocycles. The van der Waals surface area contributed by atoms with Crippen LogP contribution in [0.4, 0.5) is 0 Å². The highest BCUT2D eigenvalue weighted by molar-refractivity contribution is 5.63. The zero-order valence-corrected chi connectivity index (χ0v) is 12.9. The lowest BCUT2D eigenvalue weighted by molar-refractivity contribution is -0.431. The van der Waals surface area contributed by atoms with Crippen LogP contribution in [0.25, 0.3) is 6.08 Å². The van der Waals surface area contributed by atoms with Crippen LogP contribution in [0.3, 0.4) is 0 Å². The van der Waals surface area contributed by atoms with Gasteiger partial charge in [-0.3, -0.25) is 10.1 Å². The van der Waals surface area contributed by atoms with E-state index in [1.54, 1.807) is 19.9 Å². The fraction of sp³-hybridized carbons (Fsp3) is 0.500. The number of hydrogen-bond acceptors (Lipinski definition) is 4. The molecule has 114 valence electrons. The van der Waals surface area contributed by atoms with E-state index in [1.807, 2.05) is 26.0 Å². The summed E-state index contributed by atoms with van der Waals surface area (Å²) in [6.07, 6.45) is 2.56. The Morgan fingerprint density at radius 1 is 1.57 bits per heavy atom. The SMILES string of the molecule is CCOc1cc2c(cc1/C=C(/C(C)C)[N+](=O)[O-])OC(C)C2. The molecule has 0 saturated heterocycles. The van der Waals surface area contributed by atoms with Crippen molar-refractivity contribution >= 4 is 6.08 Å². The van der Waals surface area contributed by atoms with Crippen molar-refractivity contribution in [2.24, 2.45) is 5.92 Å². The lowest BCUT2D eigenvalue weighted by Gasteiger charge is -2.11. The van der Waals surface area contributed by atoms with E-state index in [9.17, 15) is 10.1 Å². The fourth-order valence-corrected chi connectivity index (χ4v) is 2.44. The van der Waals surface area contributed by atoms with Gasteiger partial charge in [0.1, 0.15) is 17.6 Å². The zero-order valence-electron chi connectivity index (χ0n) is 12.9. The maximum absolute atomic E-state index is 11.2. The van der Waals surface area contributed by atoms with E-state index < -0.39 is 0 Å². The lowest BCUT2D eigenvalue weighted by Crippen LogP contribution is -2.06. The molecule has 0 N–H and O–H groups in total. The summed E-state index contributed by atoms with van der Waals surface area (Å²) < 4.78 is 11.4. The summed E-state index contributed by atoms with van der Waals surface area (Å²) >= 11 is 0. The van der Waals surface area contributed by atoms with Crippen LogP contribution in [-0.4, -0.2) is 17.6 Å². The molecule has 2 rings (SSSR count). The molecule has 0 spiro atoms. The molecule has 5 heteroatoms. The minimum atomic E-state index is -0.336. The molecule has 1 unspecified atom stereocenters. The van der Waals surface area contributed by atoms with E-state index in [2.05, 4.69) is 0 Å². The van der Waals surface area contributed by atoms with Crippen LogP contribution in [0.5, 0.6) is 11.5 Å². The van der Waals surface area contributed by atoms with Crippen molar-refractivity contribution < 1.29 is 14.4 Å². The minimum absolute atomic E-state index is 0.133. The number of nitro groups is 1. The van der Waals surface area contributed by atoms with E-state index in [1.165, 1.54) is 0 Å². The average molecular weight is 291 g/mol. The summed E-state index contributed by atoms with van der Waals surface area (Å²) in [6, 6.07) is 3.78. The van der Waals surface area contributed by atoms with Gasteiger partial charge in [-0.05, 0) is 26.0 Å². The van der Waals surface area contributed by atoms with E-state index in [-0.39, 0.29) is 22.6 Å². The van der Waals surface area contributed by atoms with Crippen molar-refractivity contribution in [2.45, 2.75) is 40.2 Å². The maximum atomic E-state index is 11.2. The van der Waals surface area contributed by atoms with Crippen LogP contribution < -0.4 is 9.47 Å². The third-order valence-corrected chi connectivity index (χ3v) is 3.43. The first-order chi connectivity index (χ1) is 9.92. The Bertz CT molecular complexity index is 578. The molecule has 1 aromatic carbocycles. The van der Waals surface area contributed by atoms with Gasteiger partial charge in [-0.25, -0.2) is 0 Å². The number of ether oxygens (including phenoxy) is 2. The Balaban J connectivity index is 2.49. The summed E-state index contributed by atoms with van der Waals surface area (Å²) in [5.41, 5.74) is 1.96. The summed E-state index contributed by atoms with van der Waals surface area (Å²) in [4.78, 5) is 10.8. The quantitative estimate of drug-likeness (QED) is 0.613. The molecule has 0 aromatic heterocycles. The number of benzene rings is 1. The monoisotopic (exact) mass is 291 g/mol. The summed E-state index contributed by atoms with van der Waals surface area (Å²) in [5.74, 6) is 1.31. The van der Waals surface area contributed by atoms with Gasteiger partial charge in [-0.15, -0.1) is 0 Å². The van der Waals surface area contributed by atoms with Gasteiger partial charge in [0.2, 0.25) is 5.70 Å². The summed E-state index contributed by atoms with van der Waals surface area (Å²) in [6.45, 7) is 8.04. The molecule has 0 radical (unpaired) electrons. The highest BCUT2D eigenvalue weighted by Crippen LogP contribution is 2.36. The van der Waals surface area contributed by atoms with Gasteiger partial charge in [-0.2, -0.15) is 0 Å². The first-order valence-electron chi connectivity index (χ1n) is 7.24. The van der Waals surface area contributed by atoms with Crippen molar-refractivity contribution in [3.63, 3.8) is 0 Å². The summed E-state index contributed by atoms with van der Waals surface area (Å²) in [7, 11) is 0. The predicted molar refractivity (Wildman–Crippen MR) is 81.2 cm³/mol. The molecule has 21 heavy (non-hydrogen) atoms. The number of rotatable bonds is 5. The van der Waals surface area contributed by atoms with E-state index in [0.717, 1.165) is 17.7 Å². The molecule has 0 aliphatic carbocycles. The highest BCUT2D eigenvalue weighted by Gasteiger charge is 2.23. The molecule has 5 nitrogen and oxygen atoms in total. The second-order valence-corrected chi connectivity index (χ2v) is 5.54. The largest absolute Gasteiger partial charge is 0.493 e. The van der Waals surface area contributed by atoms with Crippen molar-refractivity contribution in [2.75, 3.05) is 6.61 Å². The Morgan fingerprint density at radius 3 is 2.86 bits per heavy atom. The first kappa shape index (κ1) is 15.4. The molecule has 0 bridgehead atoms. The molecule has 0 saturated carbocycles. The van der Waals surface area contributed by atoms with Crippen molar-refractivity contribution in [3.8, 4) is 11.5 Å². The highest BCUT2D eigenvalue weighted by atomic mass is 16.6. The standard InChI is InChI=1S/C16H21NO4/c1-5-20-15-8-12-6-11(4)21-16(12)9-13(15)7-14(10(2)3)17(18)19/h7-11H,5-6H2,1-4H3/b14-7-. The fourth-order valence-electron chi connectivity index (χ4n) is 2.44. The first-order valence-corrected chi connectivity index (χ1v) is 7.24. The maximum Gasteiger partial charge on any atom is 0.249 e. The van der Waals surface area contributed by atoms with Crippen LogP contribution in [-0.2, 0) is 6.42 Å². The molecular formula is C16H21NO4. The number of nitrogens with zero attached hydrogens (tertiary/aromatic N) is 1. The molecule has 0 fully saturated rings. The van der Waals surface area contributed by atoms with E-state index in [0.29, 0.717) is 17.9 Å². The minimum Gasteiger partial charge on any atom is -0.493 e. The lowest BCUT2D eigenvalue weighted by atomic mass is 10.0. The Labute approximate surface area is 124 Å². The Kier molecular flexibility index (Phi) is 4.50. The van der Waals surface area contributed by atoms with E-state index >= 15 is 0 Å². The van der Waals surface area contributed by atoms with Gasteiger partial charge in [0.25, 0.3) is 0 Å². The summed E-state index contributed by atoms with van der Waals surface area (Å²) in [5, 5.41) is 11.2. The Morgan fingerprint density at radius 2 is 2.29 bits per heavy atom. The predicted octanol–water partition coefficient (Wildman–Crippen LogP) is 3.68. The number of hydrogen-bond donors (Lipinski definition) is 0. The van der Waals surface area contributed by atoms with Gasteiger partial charge in [-0.1, -0.05) is 13.8 Å². The van der Waals surface area contributed by atoms with Crippen molar-refractivity contribution in [1.82, 2.24) is 0 Å². The van der Waals surface area contributed by atoms with E-state index in [4.69, 9.17) is 9.47 Å². The van der Waals surface area contributed by atoms with Crippen molar-refractivity contribution in [1.29, 1.82) is 0 Å². The van der Waals surface area contributed by atoms with Crippen molar-refractivity contribution in [3.05, 3.63) is 39.1 Å². The van der Waals surface area contributed by atoms with Crippen LogP contribution in [0.15, 0.2) is 17.8 Å². The number of allylic oxidation sites excluding steroid dienone is 1. The number of fused-ring (bicyclic) bond motifs is 1. The second kappa shape index (κ2) is 6.16. The van der Waals surface area contributed by atoms with Crippen LogP contribution in [0.1, 0.15) is 38.8 Å². The van der Waals surface area contributed by atoms with Crippen LogP contribution in [0.2, 0.25) is 0 Å². The molecule has 1 atom stereocenters. The third kappa shape index (κ3) is 3.35. The smallest absolute Gasteiger partial charge is 0.249 e. The second-order valence-electron chi connectivity index (χ2n) is 5.54. The molecule has 1 aromatic rings. The molecule has 0 amide bonds. The Hall–Kier alpha value is -2.04. The van der Waals surface area contributed by atoms with Gasteiger partial charge >= 0.3 is 0 Å². The van der Waals surface area contributed by atoms with Gasteiger partial charge in [0.05, 0.1) is 11.5 Å². The van der Waals surface area contributed by atoms with Crippen LogP contribution in [0, 0.1) is 16.0 Å². The third-order valence-electron chi connectivity index (χ3n) is 3.43. The molecule has 1 aliphatic rings. The van der Waals surface area contributed by atoms with Crippen LogP contribution >= 0.6 is 0 Å². The van der Waals surface area contributed by atoms with Gasteiger partial charge in [0, 0.05) is 29.5 Å². The molecular weight excluding hydrogens is 270 g/mol. The normalized spacial score (nSPS) is 17.6. The topological polar surface area (TPSA) is 61.6 Å².